The molecule has 0 aromatic heterocycles. The van der Waals surface area contributed by atoms with Crippen molar-refractivity contribution in [3.63, 3.8) is 0 Å². The summed E-state index contributed by atoms with van der Waals surface area (Å²) in [5.74, 6) is -3.31. The minimum atomic E-state index is -1.42. The van der Waals surface area contributed by atoms with Gasteiger partial charge in [0.25, 0.3) is 0 Å². The molecule has 0 saturated heterocycles. The van der Waals surface area contributed by atoms with Crippen LogP contribution in [0.2, 0.25) is 0 Å². The van der Waals surface area contributed by atoms with Crippen LogP contribution in [0.5, 0.6) is 0 Å². The van der Waals surface area contributed by atoms with Crippen molar-refractivity contribution in [3.05, 3.63) is 0 Å². The maximum absolute atomic E-state index is 12.9. The Kier molecular flexibility index (Phi) is 14.9. The van der Waals surface area contributed by atoms with Gasteiger partial charge in [-0.2, -0.15) is 11.8 Å². The van der Waals surface area contributed by atoms with Gasteiger partial charge in [0.1, 0.15) is 18.1 Å². The molecule has 0 radical (unpaired) electrons. The van der Waals surface area contributed by atoms with Gasteiger partial charge in [0.05, 0.1) is 12.1 Å². The SMILES string of the molecule is CSCCC(NC(=O)C(N)CCCN=C(N)N)C(=O)NC(C(=O)NC(C(=O)O)C(C)C)C(C)O. The van der Waals surface area contributed by atoms with E-state index in [1.165, 1.54) is 18.7 Å². The van der Waals surface area contributed by atoms with Gasteiger partial charge in [-0.05, 0) is 44.1 Å². The molecule has 13 nitrogen and oxygen atoms in total. The number of aliphatic hydroxyl groups excluding tert-OH is 1. The van der Waals surface area contributed by atoms with Crippen LogP contribution in [0.4, 0.5) is 0 Å². The Morgan fingerprint density at radius 3 is 2.00 bits per heavy atom. The minimum absolute atomic E-state index is 0.0633. The molecule has 0 rings (SSSR count). The second kappa shape index (κ2) is 16.1. The van der Waals surface area contributed by atoms with E-state index in [1.54, 1.807) is 13.8 Å². The second-order valence-corrected chi connectivity index (χ2v) is 9.18. The highest BCUT2D eigenvalue weighted by molar-refractivity contribution is 7.98. The van der Waals surface area contributed by atoms with Crippen molar-refractivity contribution < 1.29 is 29.4 Å². The first kappa shape index (κ1) is 31.4. The molecule has 34 heavy (non-hydrogen) atoms. The van der Waals surface area contributed by atoms with Crippen LogP contribution in [0.1, 0.15) is 40.0 Å². The Balaban J connectivity index is 5.27. The van der Waals surface area contributed by atoms with Crippen LogP contribution in [0.15, 0.2) is 4.99 Å². The van der Waals surface area contributed by atoms with E-state index in [-0.39, 0.29) is 18.8 Å². The lowest BCUT2D eigenvalue weighted by atomic mass is 10.0. The molecule has 0 fully saturated rings. The topological polar surface area (TPSA) is 235 Å². The van der Waals surface area contributed by atoms with Crippen molar-refractivity contribution in [3.8, 4) is 0 Å². The zero-order valence-corrected chi connectivity index (χ0v) is 20.9. The Bertz CT molecular complexity index is 716. The Hall–Kier alpha value is -2.58. The van der Waals surface area contributed by atoms with Crippen LogP contribution < -0.4 is 33.2 Å². The molecule has 5 unspecified atom stereocenters. The van der Waals surface area contributed by atoms with Gasteiger partial charge >= 0.3 is 5.97 Å². The van der Waals surface area contributed by atoms with E-state index in [9.17, 15) is 29.4 Å². The predicted octanol–water partition coefficient (Wildman–Crippen LogP) is -2.30. The van der Waals surface area contributed by atoms with Gasteiger partial charge < -0.3 is 43.4 Å². The summed E-state index contributed by atoms with van der Waals surface area (Å²) in [5.41, 5.74) is 16.4. The minimum Gasteiger partial charge on any atom is -0.480 e. The normalized spacial score (nSPS) is 15.4. The van der Waals surface area contributed by atoms with Gasteiger partial charge in [-0.3, -0.25) is 19.4 Å². The highest BCUT2D eigenvalue weighted by atomic mass is 32.2. The number of nitrogens with one attached hydrogen (secondary N) is 3. The molecule has 0 spiro atoms. The van der Waals surface area contributed by atoms with E-state index in [1.807, 2.05) is 6.26 Å². The fraction of sp³-hybridized carbons (Fsp3) is 0.750. The van der Waals surface area contributed by atoms with Gasteiger partial charge in [0.2, 0.25) is 17.7 Å². The maximum atomic E-state index is 12.9. The predicted molar refractivity (Wildman–Crippen MR) is 131 cm³/mol. The number of hydrogen-bond donors (Lipinski definition) is 8. The summed E-state index contributed by atoms with van der Waals surface area (Å²) in [4.78, 5) is 53.2. The molecule has 0 aliphatic carbocycles. The van der Waals surface area contributed by atoms with Crippen molar-refractivity contribution >= 4 is 41.4 Å². The fourth-order valence-corrected chi connectivity index (χ4v) is 3.32. The number of amides is 3. The lowest BCUT2D eigenvalue weighted by Gasteiger charge is -2.27. The smallest absolute Gasteiger partial charge is 0.326 e. The molecule has 0 heterocycles. The summed E-state index contributed by atoms with van der Waals surface area (Å²) >= 11 is 1.45. The van der Waals surface area contributed by atoms with Gasteiger partial charge in [-0.15, -0.1) is 0 Å². The summed E-state index contributed by atoms with van der Waals surface area (Å²) in [6.45, 7) is 4.82. The molecular weight excluding hydrogens is 466 g/mol. The molecule has 3 amide bonds. The number of thioether (sulfide) groups is 1. The first-order chi connectivity index (χ1) is 15.8. The average molecular weight is 506 g/mol. The summed E-state index contributed by atoms with van der Waals surface area (Å²) in [7, 11) is 0. The van der Waals surface area contributed by atoms with Crippen LogP contribution in [0.3, 0.4) is 0 Å². The van der Waals surface area contributed by atoms with E-state index < -0.39 is 59.9 Å². The zero-order chi connectivity index (χ0) is 26.4. The highest BCUT2D eigenvalue weighted by Gasteiger charge is 2.33. The largest absolute Gasteiger partial charge is 0.480 e. The molecule has 0 aliphatic heterocycles. The first-order valence-corrected chi connectivity index (χ1v) is 12.3. The summed E-state index contributed by atoms with van der Waals surface area (Å²) < 4.78 is 0. The third-order valence-electron chi connectivity index (χ3n) is 4.84. The first-order valence-electron chi connectivity index (χ1n) is 10.9. The average Bonchev–Trinajstić information content (AvgIpc) is 2.74. The number of aliphatic imine (C=N–C) groups is 1. The summed E-state index contributed by atoms with van der Waals surface area (Å²) in [6, 6.07) is -4.54. The number of carbonyl (C=O) groups is 4. The van der Waals surface area contributed by atoms with Gasteiger partial charge in [0, 0.05) is 6.54 Å². The van der Waals surface area contributed by atoms with Crippen LogP contribution >= 0.6 is 11.8 Å². The summed E-state index contributed by atoms with van der Waals surface area (Å²) in [5, 5.41) is 26.7. The molecule has 0 aliphatic rings. The van der Waals surface area contributed by atoms with Crippen molar-refractivity contribution in [2.45, 2.75) is 70.3 Å². The maximum Gasteiger partial charge on any atom is 0.326 e. The van der Waals surface area contributed by atoms with Crippen LogP contribution in [0, 0.1) is 5.92 Å². The monoisotopic (exact) mass is 505 g/mol. The molecule has 14 heteroatoms. The number of carboxylic acid groups (broad SMARTS) is 1. The molecule has 196 valence electrons. The van der Waals surface area contributed by atoms with E-state index >= 15 is 0 Å². The molecule has 0 aromatic carbocycles. The Morgan fingerprint density at radius 1 is 0.941 bits per heavy atom. The third-order valence-corrected chi connectivity index (χ3v) is 5.49. The van der Waals surface area contributed by atoms with E-state index in [2.05, 4.69) is 20.9 Å². The van der Waals surface area contributed by atoms with Crippen molar-refractivity contribution in [2.24, 2.45) is 28.1 Å². The van der Waals surface area contributed by atoms with Gasteiger partial charge in [0.15, 0.2) is 5.96 Å². The number of guanidine groups is 1. The van der Waals surface area contributed by atoms with Crippen molar-refractivity contribution in [1.29, 1.82) is 0 Å². The van der Waals surface area contributed by atoms with Gasteiger partial charge in [-0.25, -0.2) is 4.79 Å². The number of carboxylic acids is 1. The number of nitrogens with two attached hydrogens (primary N) is 3. The van der Waals surface area contributed by atoms with E-state index in [4.69, 9.17) is 17.2 Å². The van der Waals surface area contributed by atoms with E-state index in [0.717, 1.165) is 0 Å². The fourth-order valence-electron chi connectivity index (χ4n) is 2.85. The second-order valence-electron chi connectivity index (χ2n) is 8.19. The molecular formula is C20H39N7O6S. The number of nitrogens with zero attached hydrogens (tertiary/aromatic N) is 1. The van der Waals surface area contributed by atoms with Gasteiger partial charge in [-0.1, -0.05) is 13.8 Å². The molecule has 0 saturated carbocycles. The zero-order valence-electron chi connectivity index (χ0n) is 20.1. The standard InChI is InChI=1S/C20H39N7O6S/c1-10(2)14(19(32)33)26-18(31)15(11(3)28)27-17(30)13(7-9-34-4)25-16(29)12(21)6-5-8-24-20(22)23/h10-15,28H,5-9,21H2,1-4H3,(H,25,29)(H,26,31)(H,27,30)(H,32,33)(H4,22,23,24). The lowest BCUT2D eigenvalue weighted by molar-refractivity contribution is -0.144. The number of rotatable bonds is 16. The number of carbonyl (C=O) groups excluding carboxylic acids is 3. The van der Waals surface area contributed by atoms with Crippen molar-refractivity contribution in [1.82, 2.24) is 16.0 Å². The van der Waals surface area contributed by atoms with Crippen LogP contribution in [-0.4, -0.2) is 88.7 Å². The van der Waals surface area contributed by atoms with Crippen LogP contribution in [-0.2, 0) is 19.2 Å². The quantitative estimate of drug-likeness (QED) is 0.0634. The molecule has 0 aromatic rings. The highest BCUT2D eigenvalue weighted by Crippen LogP contribution is 2.06. The molecule has 0 bridgehead atoms. The lowest BCUT2D eigenvalue weighted by Crippen LogP contribution is -2.60. The third kappa shape index (κ3) is 12.0. The van der Waals surface area contributed by atoms with Crippen LogP contribution in [0.25, 0.3) is 0 Å². The van der Waals surface area contributed by atoms with Crippen molar-refractivity contribution in [2.75, 3.05) is 18.6 Å². The number of aliphatic carboxylic acids is 1. The van der Waals surface area contributed by atoms with E-state index in [0.29, 0.717) is 18.7 Å². The molecule has 5 atom stereocenters. The Morgan fingerprint density at radius 2 is 1.53 bits per heavy atom. The number of hydrogen-bond acceptors (Lipinski definition) is 8. The number of aliphatic hydroxyl groups is 1. The Labute approximate surface area is 204 Å². The molecule has 11 N–H and O–H groups in total. The summed E-state index contributed by atoms with van der Waals surface area (Å²) in [6.07, 6.45) is 1.50.